The van der Waals surface area contributed by atoms with E-state index >= 15 is 0 Å². The Balaban J connectivity index is 1.65. The van der Waals surface area contributed by atoms with Gasteiger partial charge in [0.2, 0.25) is 0 Å². The molecule has 0 bridgehead atoms. The van der Waals surface area contributed by atoms with E-state index in [2.05, 4.69) is 10.1 Å². The number of para-hydroxylation sites is 1. The Hall–Kier alpha value is -3.40. The zero-order chi connectivity index (χ0) is 22.0. The molecule has 0 spiro atoms. The molecule has 4 rings (SSSR count). The topological polar surface area (TPSA) is 112 Å². The van der Waals surface area contributed by atoms with Crippen LogP contribution in [0.5, 0.6) is 5.75 Å². The van der Waals surface area contributed by atoms with Crippen molar-refractivity contribution in [1.82, 2.24) is 10.1 Å². The number of fused-ring (bicyclic) bond motifs is 1. The molecule has 0 N–H and O–H groups in total. The van der Waals surface area contributed by atoms with Crippen molar-refractivity contribution in [2.45, 2.75) is 31.3 Å². The maximum Gasteiger partial charge on any atom is 0.338 e. The van der Waals surface area contributed by atoms with Gasteiger partial charge >= 0.3 is 5.97 Å². The molecule has 1 aliphatic heterocycles. The highest BCUT2D eigenvalue weighted by Gasteiger charge is 2.32. The number of benzene rings is 2. The summed E-state index contributed by atoms with van der Waals surface area (Å²) in [6, 6.07) is 11.5. The Morgan fingerprint density at radius 3 is 2.77 bits per heavy atom. The van der Waals surface area contributed by atoms with Gasteiger partial charge in [-0.2, -0.15) is 4.98 Å². The number of hydrogen-bond acceptors (Lipinski definition) is 8. The van der Waals surface area contributed by atoms with Crippen molar-refractivity contribution in [3.05, 3.63) is 65.3 Å². The van der Waals surface area contributed by atoms with Crippen molar-refractivity contribution < 1.29 is 27.2 Å². The lowest BCUT2D eigenvalue weighted by molar-refractivity contribution is 0.0429. The predicted octanol–water partition coefficient (Wildman–Crippen LogP) is 2.89. The van der Waals surface area contributed by atoms with E-state index in [1.807, 2.05) is 12.1 Å². The van der Waals surface area contributed by atoms with E-state index in [0.29, 0.717) is 24.5 Å². The van der Waals surface area contributed by atoms with Crippen LogP contribution in [0.1, 0.15) is 34.1 Å². The molecule has 162 valence electrons. The average Bonchev–Trinajstić information content (AvgIpc) is 3.21. The van der Waals surface area contributed by atoms with Gasteiger partial charge in [-0.1, -0.05) is 23.4 Å². The molecule has 0 atom stereocenters. The number of sulfonamides is 1. The van der Waals surface area contributed by atoms with E-state index in [0.717, 1.165) is 12.0 Å². The highest BCUT2D eigenvalue weighted by Crippen LogP contribution is 2.35. The lowest BCUT2D eigenvalue weighted by atomic mass is 10.0. The molecule has 0 fully saturated rings. The minimum absolute atomic E-state index is 0.0703. The van der Waals surface area contributed by atoms with Gasteiger partial charge in [0.05, 0.1) is 18.4 Å². The van der Waals surface area contributed by atoms with Crippen molar-refractivity contribution in [3.8, 4) is 5.75 Å². The molecule has 10 heteroatoms. The first kappa shape index (κ1) is 20.9. The first-order valence-electron chi connectivity index (χ1n) is 9.65. The fourth-order valence-electron chi connectivity index (χ4n) is 3.48. The van der Waals surface area contributed by atoms with Gasteiger partial charge in [-0.15, -0.1) is 0 Å². The lowest BCUT2D eigenvalue weighted by Gasteiger charge is -2.30. The Morgan fingerprint density at radius 1 is 1.23 bits per heavy atom. The van der Waals surface area contributed by atoms with Crippen molar-refractivity contribution in [2.75, 3.05) is 18.0 Å². The molecule has 3 aromatic rings. The molecule has 0 unspecified atom stereocenters. The molecule has 9 nitrogen and oxygen atoms in total. The molecule has 0 saturated carbocycles. The molecular weight excluding hydrogens is 422 g/mol. The number of nitrogens with zero attached hydrogens (tertiary/aromatic N) is 3. The van der Waals surface area contributed by atoms with Gasteiger partial charge in [0, 0.05) is 6.54 Å². The van der Waals surface area contributed by atoms with Crippen molar-refractivity contribution >= 4 is 21.7 Å². The SMILES string of the molecule is COc1ccc(C(=O)OCc2nc(C)no2)cc1S(=O)(=O)N1CCCc2ccccc21. The number of hydrogen-bond donors (Lipinski definition) is 0. The van der Waals surface area contributed by atoms with Gasteiger partial charge in [-0.25, -0.2) is 13.2 Å². The summed E-state index contributed by atoms with van der Waals surface area (Å²) in [5.41, 5.74) is 1.66. The lowest BCUT2D eigenvalue weighted by Crippen LogP contribution is -2.35. The summed E-state index contributed by atoms with van der Waals surface area (Å²) in [6.45, 7) is 1.77. The summed E-state index contributed by atoms with van der Waals surface area (Å²) in [5.74, 6) is 0.00366. The van der Waals surface area contributed by atoms with Gasteiger partial charge in [-0.05, 0) is 49.6 Å². The van der Waals surface area contributed by atoms with Crippen LogP contribution in [0.25, 0.3) is 0 Å². The van der Waals surface area contributed by atoms with Gasteiger partial charge < -0.3 is 14.0 Å². The Morgan fingerprint density at radius 2 is 2.03 bits per heavy atom. The summed E-state index contributed by atoms with van der Waals surface area (Å²) < 4.78 is 43.8. The third-order valence-electron chi connectivity index (χ3n) is 4.93. The molecule has 0 radical (unpaired) electrons. The van der Waals surface area contributed by atoms with Crippen LogP contribution in [-0.4, -0.2) is 38.2 Å². The van der Waals surface area contributed by atoms with E-state index in [4.69, 9.17) is 14.0 Å². The minimum atomic E-state index is -3.98. The second-order valence-corrected chi connectivity index (χ2v) is 8.82. The Kier molecular flexibility index (Phi) is 5.64. The maximum absolute atomic E-state index is 13.5. The molecule has 1 aromatic heterocycles. The Labute approximate surface area is 179 Å². The highest BCUT2D eigenvalue weighted by atomic mass is 32.2. The second kappa shape index (κ2) is 8.38. The van der Waals surface area contributed by atoms with Crippen LogP contribution in [0.15, 0.2) is 51.9 Å². The molecule has 0 aliphatic carbocycles. The second-order valence-electron chi connectivity index (χ2n) is 6.99. The average molecular weight is 443 g/mol. The first-order chi connectivity index (χ1) is 14.9. The van der Waals surface area contributed by atoms with Crippen LogP contribution in [0.2, 0.25) is 0 Å². The molecule has 31 heavy (non-hydrogen) atoms. The van der Waals surface area contributed by atoms with E-state index < -0.39 is 16.0 Å². The summed E-state index contributed by atoms with van der Waals surface area (Å²) in [5, 5.41) is 3.63. The van der Waals surface area contributed by atoms with Gasteiger partial charge in [0.25, 0.3) is 15.9 Å². The number of carbonyl (C=O) groups is 1. The number of rotatable bonds is 6. The number of methoxy groups -OCH3 is 1. The van der Waals surface area contributed by atoms with E-state index in [9.17, 15) is 13.2 Å². The molecule has 2 heterocycles. The summed E-state index contributed by atoms with van der Waals surface area (Å²) >= 11 is 0. The van der Waals surface area contributed by atoms with E-state index in [1.54, 1.807) is 19.1 Å². The van der Waals surface area contributed by atoms with Gasteiger partial charge in [-0.3, -0.25) is 4.31 Å². The summed E-state index contributed by atoms with van der Waals surface area (Å²) in [4.78, 5) is 16.4. The largest absolute Gasteiger partial charge is 0.495 e. The zero-order valence-electron chi connectivity index (χ0n) is 17.1. The molecule has 0 amide bonds. The number of anilines is 1. The standard InChI is InChI=1S/C21H21N3O6S/c1-14-22-20(30-23-14)13-29-21(25)16-9-10-18(28-2)19(12-16)31(26,27)24-11-5-7-15-6-3-4-8-17(15)24/h3-4,6,8-10,12H,5,7,11,13H2,1-2H3. The minimum Gasteiger partial charge on any atom is -0.495 e. The summed E-state index contributed by atoms with van der Waals surface area (Å²) in [7, 11) is -2.59. The maximum atomic E-state index is 13.5. The first-order valence-corrected chi connectivity index (χ1v) is 11.1. The molecular formula is C21H21N3O6S. The van der Waals surface area contributed by atoms with Gasteiger partial charge in [0.15, 0.2) is 12.4 Å². The third kappa shape index (κ3) is 4.11. The Bertz CT molecular complexity index is 1220. The molecule has 2 aromatic carbocycles. The normalized spacial score (nSPS) is 13.5. The zero-order valence-corrected chi connectivity index (χ0v) is 17.9. The van der Waals surface area contributed by atoms with Crippen molar-refractivity contribution in [3.63, 3.8) is 0 Å². The van der Waals surface area contributed by atoms with Crippen LogP contribution in [0.4, 0.5) is 5.69 Å². The van der Waals surface area contributed by atoms with E-state index in [1.165, 1.54) is 29.6 Å². The number of aromatic nitrogens is 2. The smallest absolute Gasteiger partial charge is 0.338 e. The third-order valence-corrected chi connectivity index (χ3v) is 6.77. The monoisotopic (exact) mass is 443 g/mol. The van der Waals surface area contributed by atoms with E-state index in [-0.39, 0.29) is 28.7 Å². The number of carbonyl (C=O) groups excluding carboxylic acids is 1. The van der Waals surface area contributed by atoms with Crippen LogP contribution in [0.3, 0.4) is 0 Å². The van der Waals surface area contributed by atoms with Crippen LogP contribution in [-0.2, 0) is 27.8 Å². The molecule has 1 aliphatic rings. The summed E-state index contributed by atoms with van der Waals surface area (Å²) in [6.07, 6.45) is 1.50. The predicted molar refractivity (Wildman–Crippen MR) is 110 cm³/mol. The highest BCUT2D eigenvalue weighted by molar-refractivity contribution is 7.93. The quantitative estimate of drug-likeness (QED) is 0.535. The van der Waals surface area contributed by atoms with Crippen LogP contribution >= 0.6 is 0 Å². The van der Waals surface area contributed by atoms with Crippen molar-refractivity contribution in [1.29, 1.82) is 0 Å². The fraction of sp³-hybridized carbons (Fsp3) is 0.286. The van der Waals surface area contributed by atoms with Gasteiger partial charge in [0.1, 0.15) is 10.6 Å². The van der Waals surface area contributed by atoms with Crippen LogP contribution < -0.4 is 9.04 Å². The molecule has 0 saturated heterocycles. The number of ether oxygens (including phenoxy) is 2. The van der Waals surface area contributed by atoms with Crippen molar-refractivity contribution in [2.24, 2.45) is 0 Å². The number of aryl methyl sites for hydroxylation is 2. The van der Waals surface area contributed by atoms with Crippen LogP contribution in [0, 0.1) is 6.92 Å². The number of esters is 1. The fourth-order valence-corrected chi connectivity index (χ4v) is 5.21.